The molecule has 0 unspecified atom stereocenters. The van der Waals surface area contributed by atoms with Crippen molar-refractivity contribution in [3.63, 3.8) is 0 Å². The fourth-order valence-corrected chi connectivity index (χ4v) is 2.08. The number of rotatable bonds is 3. The molecule has 2 rings (SSSR count). The van der Waals surface area contributed by atoms with Gasteiger partial charge in [-0.25, -0.2) is 0 Å². The Kier molecular flexibility index (Phi) is 3.33. The molecule has 0 aliphatic rings. The first-order valence-corrected chi connectivity index (χ1v) is 6.28. The van der Waals surface area contributed by atoms with Gasteiger partial charge in [-0.15, -0.1) is 0 Å². The van der Waals surface area contributed by atoms with Crippen molar-refractivity contribution in [2.75, 3.05) is 0 Å². The molecule has 0 saturated carbocycles. The Morgan fingerprint density at radius 3 is 2.16 bits per heavy atom. The molecule has 2 aromatic rings. The Morgan fingerprint density at radius 1 is 1.11 bits per heavy atom. The number of H-pyrrole nitrogens is 2. The van der Waals surface area contributed by atoms with Crippen LogP contribution >= 0.6 is 0 Å². The van der Waals surface area contributed by atoms with Crippen molar-refractivity contribution >= 4 is 12.7 Å². The average molecular weight is 262 g/mol. The van der Waals surface area contributed by atoms with Crippen molar-refractivity contribution < 1.29 is 0 Å². The second-order valence-corrected chi connectivity index (χ2v) is 4.40. The highest BCUT2D eigenvalue weighted by molar-refractivity contribution is 5.50. The van der Waals surface area contributed by atoms with E-state index in [0.717, 1.165) is 5.69 Å². The molecule has 2 N–H and O–H groups in total. The van der Waals surface area contributed by atoms with Crippen LogP contribution < -0.4 is 21.7 Å². The van der Waals surface area contributed by atoms with Gasteiger partial charge in [0.2, 0.25) is 0 Å². The number of aromatic nitrogens is 4. The summed E-state index contributed by atoms with van der Waals surface area (Å²) in [5.41, 5.74) is 0.972. The van der Waals surface area contributed by atoms with Crippen LogP contribution in [0.4, 0.5) is 0 Å². The Morgan fingerprint density at radius 2 is 1.68 bits per heavy atom. The average Bonchev–Trinajstić information content (AvgIpc) is 2.82. The number of hydrogen-bond acceptors (Lipinski definition) is 2. The number of hydrogen-bond donors (Lipinski definition) is 2. The molecular weight excluding hydrogens is 244 g/mol. The van der Waals surface area contributed by atoms with Crippen molar-refractivity contribution in [1.29, 1.82) is 0 Å². The predicted molar refractivity (Wildman–Crippen MR) is 74.5 cm³/mol. The minimum atomic E-state index is -0.157. The van der Waals surface area contributed by atoms with Crippen molar-refractivity contribution in [1.82, 2.24) is 19.6 Å². The van der Waals surface area contributed by atoms with Gasteiger partial charge in [-0.1, -0.05) is 6.58 Å². The lowest BCUT2D eigenvalue weighted by Crippen LogP contribution is -2.34. The third kappa shape index (κ3) is 2.09. The molecule has 2 aromatic heterocycles. The summed E-state index contributed by atoms with van der Waals surface area (Å²) >= 11 is 0. The summed E-state index contributed by atoms with van der Waals surface area (Å²) in [4.78, 5) is 24.2. The molecule has 0 amide bonds. The summed E-state index contributed by atoms with van der Waals surface area (Å²) in [5, 5.41) is 6.82. The first-order chi connectivity index (χ1) is 8.99. The summed E-state index contributed by atoms with van der Waals surface area (Å²) in [6, 6.07) is 0. The molecule has 0 atom stereocenters. The molecule has 0 aromatic carbocycles. The number of aromatic amines is 2. The molecule has 0 bridgehead atoms. The third-order valence-corrected chi connectivity index (χ3v) is 3.17. The second-order valence-electron chi connectivity index (χ2n) is 4.40. The van der Waals surface area contributed by atoms with Crippen LogP contribution in [0.3, 0.4) is 0 Å². The lowest BCUT2D eigenvalue weighted by Gasteiger charge is -1.91. The monoisotopic (exact) mass is 262 g/mol. The maximum Gasteiger partial charge on any atom is 0.274 e. The maximum absolute atomic E-state index is 12.1. The first-order valence-electron chi connectivity index (χ1n) is 6.28. The largest absolute Gasteiger partial charge is 0.299 e. The van der Waals surface area contributed by atoms with E-state index in [-0.39, 0.29) is 11.1 Å². The standard InChI is InChI=1S/C13H18N4O2/c1-5-16-12(18)10(8(3)14-16)7-11-9(4)15-17(6-2)13(11)19/h7,14-15H,3,5-6H2,1-2,4H3/b10-7-. The minimum absolute atomic E-state index is 0.122. The number of aryl methyl sites for hydroxylation is 3. The lowest BCUT2D eigenvalue weighted by atomic mass is 10.2. The van der Waals surface area contributed by atoms with E-state index in [1.807, 2.05) is 20.8 Å². The highest BCUT2D eigenvalue weighted by Gasteiger charge is 2.09. The molecule has 102 valence electrons. The van der Waals surface area contributed by atoms with Gasteiger partial charge in [-0.05, 0) is 26.8 Å². The van der Waals surface area contributed by atoms with Crippen LogP contribution in [-0.2, 0) is 13.1 Å². The summed E-state index contributed by atoms with van der Waals surface area (Å²) in [6.07, 6.45) is 1.60. The van der Waals surface area contributed by atoms with Gasteiger partial charge >= 0.3 is 0 Å². The predicted octanol–water partition coefficient (Wildman–Crippen LogP) is -0.746. The van der Waals surface area contributed by atoms with Crippen molar-refractivity contribution in [2.45, 2.75) is 33.9 Å². The van der Waals surface area contributed by atoms with E-state index in [0.29, 0.717) is 29.2 Å². The molecule has 6 heteroatoms. The van der Waals surface area contributed by atoms with Gasteiger partial charge in [0.05, 0.1) is 16.1 Å². The highest BCUT2D eigenvalue weighted by Crippen LogP contribution is 1.98. The van der Waals surface area contributed by atoms with Gasteiger partial charge in [0.25, 0.3) is 11.1 Å². The van der Waals surface area contributed by atoms with Crippen LogP contribution in [0.15, 0.2) is 9.59 Å². The van der Waals surface area contributed by atoms with Crippen LogP contribution in [0.25, 0.3) is 12.7 Å². The van der Waals surface area contributed by atoms with Gasteiger partial charge in [0.1, 0.15) is 0 Å². The molecule has 19 heavy (non-hydrogen) atoms. The first kappa shape index (κ1) is 13.2. The summed E-state index contributed by atoms with van der Waals surface area (Å²) in [5.74, 6) is 0. The maximum atomic E-state index is 12.1. The van der Waals surface area contributed by atoms with Crippen LogP contribution in [-0.4, -0.2) is 19.6 Å². The van der Waals surface area contributed by atoms with E-state index in [9.17, 15) is 9.59 Å². The zero-order chi connectivity index (χ0) is 14.2. The fourth-order valence-electron chi connectivity index (χ4n) is 2.08. The molecule has 0 spiro atoms. The SMILES string of the molecule is C=c1[nH]n(CC)c(=O)/c1=C\c1c(C)[nH]n(CC)c1=O. The van der Waals surface area contributed by atoms with Crippen molar-refractivity contribution in [2.24, 2.45) is 0 Å². The topological polar surface area (TPSA) is 75.6 Å². The Bertz CT molecular complexity index is 816. The smallest absolute Gasteiger partial charge is 0.274 e. The molecule has 0 aliphatic carbocycles. The third-order valence-electron chi connectivity index (χ3n) is 3.17. The van der Waals surface area contributed by atoms with E-state index in [4.69, 9.17) is 0 Å². The van der Waals surface area contributed by atoms with Crippen LogP contribution in [0.5, 0.6) is 0 Å². The Balaban J connectivity index is 2.76. The van der Waals surface area contributed by atoms with E-state index in [2.05, 4.69) is 16.8 Å². The molecule has 6 nitrogen and oxygen atoms in total. The van der Waals surface area contributed by atoms with Gasteiger partial charge in [-0.2, -0.15) is 0 Å². The summed E-state index contributed by atoms with van der Waals surface area (Å²) < 4.78 is 2.98. The van der Waals surface area contributed by atoms with E-state index in [1.165, 1.54) is 9.36 Å². The lowest BCUT2D eigenvalue weighted by molar-refractivity contribution is 0.632. The molecule has 0 radical (unpaired) electrons. The van der Waals surface area contributed by atoms with Gasteiger partial charge in [0.15, 0.2) is 0 Å². The Labute approximate surface area is 109 Å². The normalized spacial score (nSPS) is 12.3. The summed E-state index contributed by atoms with van der Waals surface area (Å²) in [6.45, 7) is 10.5. The van der Waals surface area contributed by atoms with Crippen LogP contribution in [0.2, 0.25) is 0 Å². The van der Waals surface area contributed by atoms with E-state index >= 15 is 0 Å². The van der Waals surface area contributed by atoms with Crippen molar-refractivity contribution in [3.8, 4) is 0 Å². The minimum Gasteiger partial charge on any atom is -0.299 e. The fraction of sp³-hybridized carbons (Fsp3) is 0.385. The zero-order valence-electron chi connectivity index (χ0n) is 11.4. The zero-order valence-corrected chi connectivity index (χ0v) is 11.4. The second kappa shape index (κ2) is 4.79. The molecule has 2 heterocycles. The number of nitrogens with zero attached hydrogens (tertiary/aromatic N) is 2. The molecular formula is C13H18N4O2. The Hall–Kier alpha value is -2.24. The van der Waals surface area contributed by atoms with Crippen LogP contribution in [0, 0.1) is 6.92 Å². The number of nitrogens with one attached hydrogen (secondary N) is 2. The van der Waals surface area contributed by atoms with Crippen LogP contribution in [0.1, 0.15) is 25.1 Å². The highest BCUT2D eigenvalue weighted by atomic mass is 16.1. The van der Waals surface area contributed by atoms with E-state index < -0.39 is 0 Å². The van der Waals surface area contributed by atoms with E-state index in [1.54, 1.807) is 6.08 Å². The van der Waals surface area contributed by atoms with Gasteiger partial charge < -0.3 is 0 Å². The van der Waals surface area contributed by atoms with Crippen molar-refractivity contribution in [3.05, 3.63) is 42.5 Å². The molecule has 0 fully saturated rings. The van der Waals surface area contributed by atoms with Gasteiger partial charge in [0, 0.05) is 18.8 Å². The molecule has 0 aliphatic heterocycles. The summed E-state index contributed by atoms with van der Waals surface area (Å²) in [7, 11) is 0. The van der Waals surface area contributed by atoms with Gasteiger partial charge in [-0.3, -0.25) is 29.2 Å². The molecule has 0 saturated heterocycles. The quantitative estimate of drug-likeness (QED) is 0.764.